The molecule has 0 radical (unpaired) electrons. The minimum atomic E-state index is -2.84. The SMILES string of the molecule is O=[N+]([O-])c1ccc(OC(F)(Cl)Cl)cc1. The number of nitro groups is 1. The molecule has 0 aromatic heterocycles. The van der Waals surface area contributed by atoms with Crippen LogP contribution in [-0.4, -0.2) is 9.70 Å². The smallest absolute Gasteiger partial charge is 0.410 e. The Morgan fingerprint density at radius 3 is 2.21 bits per heavy atom. The molecular weight excluding hydrogens is 236 g/mol. The van der Waals surface area contributed by atoms with E-state index < -0.39 is 9.70 Å². The summed E-state index contributed by atoms with van der Waals surface area (Å²) in [7, 11) is 0. The number of nitro benzene ring substituents is 1. The van der Waals surface area contributed by atoms with Gasteiger partial charge in [0.1, 0.15) is 5.75 Å². The van der Waals surface area contributed by atoms with Crippen LogP contribution in [0, 0.1) is 10.1 Å². The molecule has 0 saturated carbocycles. The Labute approximate surface area is 88.3 Å². The first kappa shape index (κ1) is 11.0. The van der Waals surface area contributed by atoms with E-state index in [4.69, 9.17) is 23.2 Å². The minimum Gasteiger partial charge on any atom is -0.433 e. The van der Waals surface area contributed by atoms with Crippen LogP contribution in [0.2, 0.25) is 0 Å². The molecule has 1 aromatic carbocycles. The highest BCUT2D eigenvalue weighted by molar-refractivity contribution is 6.46. The zero-order valence-electron chi connectivity index (χ0n) is 6.62. The molecule has 14 heavy (non-hydrogen) atoms. The van der Waals surface area contributed by atoms with Gasteiger partial charge in [-0.15, -0.1) is 0 Å². The summed E-state index contributed by atoms with van der Waals surface area (Å²) in [4.78, 5) is 9.65. The molecule has 0 heterocycles. The Hall–Kier alpha value is -1.07. The molecule has 4 nitrogen and oxygen atoms in total. The number of hydrogen-bond donors (Lipinski definition) is 0. The third-order valence-corrected chi connectivity index (χ3v) is 1.44. The molecule has 0 saturated heterocycles. The van der Waals surface area contributed by atoms with Gasteiger partial charge in [0.05, 0.1) is 4.92 Å². The predicted octanol–water partition coefficient (Wildman–Crippen LogP) is 3.03. The van der Waals surface area contributed by atoms with Crippen LogP contribution in [-0.2, 0) is 0 Å². The number of ether oxygens (including phenoxy) is 1. The van der Waals surface area contributed by atoms with E-state index in [2.05, 4.69) is 4.74 Å². The lowest BCUT2D eigenvalue weighted by atomic mass is 10.3. The van der Waals surface area contributed by atoms with E-state index in [1.54, 1.807) is 0 Å². The van der Waals surface area contributed by atoms with E-state index in [0.29, 0.717) is 0 Å². The molecule has 0 aliphatic carbocycles. The topological polar surface area (TPSA) is 52.4 Å². The maximum atomic E-state index is 12.5. The second-order valence-corrected chi connectivity index (χ2v) is 3.46. The molecule has 7 heteroatoms. The highest BCUT2D eigenvalue weighted by Gasteiger charge is 2.24. The summed E-state index contributed by atoms with van der Waals surface area (Å²) in [5.41, 5.74) is -0.133. The number of alkyl halides is 3. The third kappa shape index (κ3) is 3.35. The second-order valence-electron chi connectivity index (χ2n) is 2.30. The van der Waals surface area contributed by atoms with E-state index in [-0.39, 0.29) is 11.4 Å². The number of rotatable bonds is 3. The number of non-ortho nitro benzene ring substituents is 1. The first-order valence-electron chi connectivity index (χ1n) is 3.39. The van der Waals surface area contributed by atoms with Crippen LogP contribution in [0.15, 0.2) is 24.3 Å². The molecule has 0 aliphatic heterocycles. The first-order chi connectivity index (χ1) is 6.38. The van der Waals surface area contributed by atoms with Gasteiger partial charge in [-0.05, 0) is 35.3 Å². The van der Waals surface area contributed by atoms with Gasteiger partial charge in [-0.3, -0.25) is 10.1 Å². The van der Waals surface area contributed by atoms with Gasteiger partial charge in [0.15, 0.2) is 0 Å². The summed E-state index contributed by atoms with van der Waals surface area (Å²) in [6, 6.07) is 4.68. The van der Waals surface area contributed by atoms with Crippen LogP contribution in [0.1, 0.15) is 0 Å². The van der Waals surface area contributed by atoms with Crippen LogP contribution in [0.25, 0.3) is 0 Å². The van der Waals surface area contributed by atoms with Crippen LogP contribution >= 0.6 is 23.2 Å². The van der Waals surface area contributed by atoms with Gasteiger partial charge in [-0.1, -0.05) is 0 Å². The monoisotopic (exact) mass is 239 g/mol. The minimum absolute atomic E-state index is 0.00287. The Morgan fingerprint density at radius 1 is 1.36 bits per heavy atom. The van der Waals surface area contributed by atoms with Crippen molar-refractivity contribution in [2.75, 3.05) is 0 Å². The third-order valence-electron chi connectivity index (χ3n) is 1.28. The molecule has 0 aliphatic rings. The van der Waals surface area contributed by atoms with Crippen molar-refractivity contribution in [2.45, 2.75) is 4.77 Å². The average molecular weight is 240 g/mol. The van der Waals surface area contributed by atoms with Crippen molar-refractivity contribution in [1.29, 1.82) is 0 Å². The van der Waals surface area contributed by atoms with Crippen molar-refractivity contribution in [3.05, 3.63) is 34.4 Å². The molecule has 1 rings (SSSR count). The Morgan fingerprint density at radius 2 is 1.86 bits per heavy atom. The Bertz CT molecular complexity index is 336. The van der Waals surface area contributed by atoms with Crippen LogP contribution in [0.5, 0.6) is 5.75 Å². The molecule has 0 unspecified atom stereocenters. The summed E-state index contributed by atoms with van der Waals surface area (Å²) < 4.78 is 14.0. The van der Waals surface area contributed by atoms with Crippen LogP contribution < -0.4 is 4.74 Å². The molecule has 0 spiro atoms. The van der Waals surface area contributed by atoms with Crippen molar-refractivity contribution in [3.63, 3.8) is 0 Å². The lowest BCUT2D eigenvalue weighted by molar-refractivity contribution is -0.384. The predicted molar refractivity (Wildman–Crippen MR) is 49.3 cm³/mol. The van der Waals surface area contributed by atoms with E-state index in [0.717, 1.165) is 12.1 Å². The molecule has 0 fully saturated rings. The van der Waals surface area contributed by atoms with Crippen molar-refractivity contribution < 1.29 is 14.1 Å². The lowest BCUT2D eigenvalue weighted by Crippen LogP contribution is -2.13. The summed E-state index contributed by atoms with van der Waals surface area (Å²) in [5, 5.41) is 10.2. The highest BCUT2D eigenvalue weighted by atomic mass is 35.5. The lowest BCUT2D eigenvalue weighted by Gasteiger charge is -2.11. The number of halogens is 3. The molecule has 76 valence electrons. The number of nitrogens with zero attached hydrogens (tertiary/aromatic N) is 1. The fourth-order valence-electron chi connectivity index (χ4n) is 0.770. The molecule has 0 bridgehead atoms. The maximum absolute atomic E-state index is 12.5. The van der Waals surface area contributed by atoms with Gasteiger partial charge in [0.25, 0.3) is 5.69 Å². The fraction of sp³-hybridized carbons (Fsp3) is 0.143. The average Bonchev–Trinajstić information content (AvgIpc) is 2.02. The van der Waals surface area contributed by atoms with Gasteiger partial charge in [0, 0.05) is 12.1 Å². The van der Waals surface area contributed by atoms with Crippen molar-refractivity contribution >= 4 is 28.9 Å². The standard InChI is InChI=1S/C7H4Cl2FNO3/c8-7(9,10)14-6-3-1-5(2-4-6)11(12)13/h1-4H. The summed E-state index contributed by atoms with van der Waals surface area (Å²) in [6.07, 6.45) is 0. The quantitative estimate of drug-likeness (QED) is 0.463. The van der Waals surface area contributed by atoms with Gasteiger partial charge >= 0.3 is 4.77 Å². The van der Waals surface area contributed by atoms with Gasteiger partial charge in [-0.25, -0.2) is 0 Å². The second kappa shape index (κ2) is 3.98. The summed E-state index contributed by atoms with van der Waals surface area (Å²) in [6.45, 7) is 0. The zero-order valence-corrected chi connectivity index (χ0v) is 8.13. The Kier molecular flexibility index (Phi) is 3.13. The van der Waals surface area contributed by atoms with E-state index >= 15 is 0 Å². The molecular formula is C7H4Cl2FNO3. The Balaban J connectivity index is 2.79. The van der Waals surface area contributed by atoms with Gasteiger partial charge < -0.3 is 4.74 Å². The van der Waals surface area contributed by atoms with Gasteiger partial charge in [0.2, 0.25) is 0 Å². The van der Waals surface area contributed by atoms with Crippen molar-refractivity contribution in [3.8, 4) is 5.75 Å². The fourth-order valence-corrected chi connectivity index (χ4v) is 0.948. The normalized spacial score (nSPS) is 11.1. The van der Waals surface area contributed by atoms with Crippen LogP contribution in [0.3, 0.4) is 0 Å². The summed E-state index contributed by atoms with van der Waals surface area (Å²) >= 11 is 9.83. The largest absolute Gasteiger partial charge is 0.433 e. The van der Waals surface area contributed by atoms with Crippen molar-refractivity contribution in [2.24, 2.45) is 0 Å². The van der Waals surface area contributed by atoms with Gasteiger partial charge in [-0.2, -0.15) is 4.39 Å². The number of benzene rings is 1. The van der Waals surface area contributed by atoms with E-state index in [1.807, 2.05) is 0 Å². The first-order valence-corrected chi connectivity index (χ1v) is 4.14. The molecule has 0 amide bonds. The molecule has 0 atom stereocenters. The highest BCUT2D eigenvalue weighted by Crippen LogP contribution is 2.28. The van der Waals surface area contributed by atoms with Crippen molar-refractivity contribution in [1.82, 2.24) is 0 Å². The van der Waals surface area contributed by atoms with E-state index in [1.165, 1.54) is 12.1 Å². The maximum Gasteiger partial charge on any atom is 0.410 e. The molecule has 0 N–H and O–H groups in total. The number of hydrogen-bond acceptors (Lipinski definition) is 3. The zero-order chi connectivity index (χ0) is 10.8. The van der Waals surface area contributed by atoms with E-state index in [9.17, 15) is 14.5 Å². The molecule has 1 aromatic rings. The summed E-state index contributed by atoms with van der Waals surface area (Å²) in [5.74, 6) is 0.00287. The van der Waals surface area contributed by atoms with Crippen LogP contribution in [0.4, 0.5) is 10.1 Å².